The number of rotatable bonds is 3. The zero-order valence-electron chi connectivity index (χ0n) is 14.1. The summed E-state index contributed by atoms with van der Waals surface area (Å²) < 4.78 is 5.51. The Labute approximate surface area is 133 Å². The normalized spacial score (nSPS) is 20.5. The van der Waals surface area contributed by atoms with E-state index in [0.717, 1.165) is 12.0 Å². The van der Waals surface area contributed by atoms with E-state index in [1.807, 2.05) is 30.0 Å². The molecule has 1 N–H and O–H groups in total. The quantitative estimate of drug-likeness (QED) is 0.927. The minimum absolute atomic E-state index is 0.00764. The van der Waals surface area contributed by atoms with Crippen LogP contribution in [0.3, 0.4) is 0 Å². The number of nitrogens with zero attached hydrogens (tertiary/aromatic N) is 1. The highest BCUT2D eigenvalue weighted by molar-refractivity contribution is 5.74. The van der Waals surface area contributed by atoms with Crippen molar-refractivity contribution >= 4 is 6.03 Å². The molecule has 1 aromatic rings. The fourth-order valence-electron chi connectivity index (χ4n) is 2.79. The molecule has 4 heteroatoms. The minimum Gasteiger partial charge on any atom is -0.375 e. The Morgan fingerprint density at radius 2 is 2.05 bits per heavy atom. The number of ether oxygens (including phenoxy) is 1. The van der Waals surface area contributed by atoms with E-state index in [4.69, 9.17) is 4.74 Å². The van der Waals surface area contributed by atoms with Crippen LogP contribution in [0, 0.1) is 5.41 Å². The monoisotopic (exact) mass is 304 g/mol. The largest absolute Gasteiger partial charge is 0.375 e. The van der Waals surface area contributed by atoms with Crippen LogP contribution in [0.1, 0.15) is 45.7 Å². The summed E-state index contributed by atoms with van der Waals surface area (Å²) >= 11 is 0. The second-order valence-corrected chi connectivity index (χ2v) is 7.30. The Bertz CT molecular complexity index is 482. The van der Waals surface area contributed by atoms with E-state index in [-0.39, 0.29) is 23.6 Å². The molecule has 0 spiro atoms. The van der Waals surface area contributed by atoms with Crippen molar-refractivity contribution in [3.63, 3.8) is 0 Å². The molecular formula is C18H28N2O2. The van der Waals surface area contributed by atoms with Gasteiger partial charge in [-0.15, -0.1) is 0 Å². The van der Waals surface area contributed by atoms with Gasteiger partial charge in [0, 0.05) is 13.1 Å². The van der Waals surface area contributed by atoms with Gasteiger partial charge in [-0.1, -0.05) is 51.1 Å². The highest BCUT2D eigenvalue weighted by atomic mass is 16.5. The number of benzene rings is 1. The average molecular weight is 304 g/mol. The molecule has 0 bridgehead atoms. The molecule has 0 aliphatic carbocycles. The van der Waals surface area contributed by atoms with E-state index in [0.29, 0.717) is 19.7 Å². The number of hydrogen-bond acceptors (Lipinski definition) is 2. The Kier molecular flexibility index (Phi) is 5.46. The molecule has 0 aromatic heterocycles. The number of carbonyl (C=O) groups is 1. The van der Waals surface area contributed by atoms with Crippen molar-refractivity contribution in [2.24, 2.45) is 5.41 Å². The molecular weight excluding hydrogens is 276 g/mol. The van der Waals surface area contributed by atoms with Crippen molar-refractivity contribution in [1.29, 1.82) is 0 Å². The van der Waals surface area contributed by atoms with Gasteiger partial charge in [-0.2, -0.15) is 0 Å². The van der Waals surface area contributed by atoms with Crippen LogP contribution in [-0.4, -0.2) is 36.7 Å². The lowest BCUT2D eigenvalue weighted by Crippen LogP contribution is -2.49. The first-order valence-electron chi connectivity index (χ1n) is 8.07. The predicted octanol–water partition coefficient (Wildman–Crippen LogP) is 3.59. The van der Waals surface area contributed by atoms with Gasteiger partial charge in [0.25, 0.3) is 0 Å². The smallest absolute Gasteiger partial charge is 0.318 e. The van der Waals surface area contributed by atoms with Gasteiger partial charge >= 0.3 is 6.03 Å². The molecule has 0 radical (unpaired) electrons. The molecule has 1 aliphatic heterocycles. The molecule has 1 fully saturated rings. The Hall–Kier alpha value is -1.55. The summed E-state index contributed by atoms with van der Waals surface area (Å²) in [5.41, 5.74) is 1.30. The van der Waals surface area contributed by atoms with Gasteiger partial charge in [-0.05, 0) is 24.3 Å². The van der Waals surface area contributed by atoms with Gasteiger partial charge in [0.1, 0.15) is 0 Å². The summed E-state index contributed by atoms with van der Waals surface area (Å²) in [6.45, 7) is 10.5. The van der Waals surface area contributed by atoms with E-state index in [9.17, 15) is 4.79 Å². The van der Waals surface area contributed by atoms with Crippen LogP contribution in [0.4, 0.5) is 4.79 Å². The van der Waals surface area contributed by atoms with E-state index in [2.05, 4.69) is 38.2 Å². The highest BCUT2D eigenvalue weighted by Gasteiger charge is 2.26. The van der Waals surface area contributed by atoms with Gasteiger partial charge < -0.3 is 15.0 Å². The molecule has 1 heterocycles. The summed E-state index contributed by atoms with van der Waals surface area (Å²) in [5.74, 6) is 0. The lowest BCUT2D eigenvalue weighted by molar-refractivity contribution is -0.00406. The third kappa shape index (κ3) is 5.02. The van der Waals surface area contributed by atoms with Crippen molar-refractivity contribution in [1.82, 2.24) is 10.2 Å². The summed E-state index contributed by atoms with van der Waals surface area (Å²) in [6, 6.07) is 10.3. The summed E-state index contributed by atoms with van der Waals surface area (Å²) in [5, 5.41) is 3.21. The molecule has 1 saturated heterocycles. The molecule has 1 aromatic carbocycles. The molecule has 0 saturated carbocycles. The lowest BCUT2D eigenvalue weighted by atomic mass is 9.85. The summed E-state index contributed by atoms with van der Waals surface area (Å²) in [6.07, 6.45) is 1.01. The van der Waals surface area contributed by atoms with Crippen molar-refractivity contribution < 1.29 is 9.53 Å². The van der Waals surface area contributed by atoms with Gasteiger partial charge in [0.15, 0.2) is 0 Å². The SMILES string of the molecule is CC1CN(C(=O)NC(CC(C)(C)C)c2ccccc2)CCO1. The first-order chi connectivity index (χ1) is 10.3. The van der Waals surface area contributed by atoms with Gasteiger partial charge in [0.05, 0.1) is 18.8 Å². The Morgan fingerprint density at radius 1 is 1.36 bits per heavy atom. The van der Waals surface area contributed by atoms with Crippen LogP contribution in [0.5, 0.6) is 0 Å². The fourth-order valence-corrected chi connectivity index (χ4v) is 2.79. The van der Waals surface area contributed by atoms with Crippen molar-refractivity contribution in [2.75, 3.05) is 19.7 Å². The van der Waals surface area contributed by atoms with Crippen LogP contribution in [0.25, 0.3) is 0 Å². The zero-order valence-corrected chi connectivity index (χ0v) is 14.1. The Balaban J connectivity index is 2.07. The van der Waals surface area contributed by atoms with Crippen LogP contribution in [0.15, 0.2) is 30.3 Å². The number of morpholine rings is 1. The second-order valence-electron chi connectivity index (χ2n) is 7.30. The van der Waals surface area contributed by atoms with E-state index in [1.165, 1.54) is 0 Å². The maximum atomic E-state index is 12.6. The topological polar surface area (TPSA) is 41.6 Å². The molecule has 22 heavy (non-hydrogen) atoms. The number of hydrogen-bond donors (Lipinski definition) is 1. The third-order valence-corrected chi connectivity index (χ3v) is 3.84. The zero-order chi connectivity index (χ0) is 16.2. The predicted molar refractivity (Wildman–Crippen MR) is 88.8 cm³/mol. The maximum absolute atomic E-state index is 12.6. The van der Waals surface area contributed by atoms with Crippen LogP contribution in [-0.2, 0) is 4.74 Å². The first kappa shape index (κ1) is 16.8. The minimum atomic E-state index is 0.00764. The van der Waals surface area contributed by atoms with E-state index >= 15 is 0 Å². The number of nitrogens with one attached hydrogen (secondary N) is 1. The standard InChI is InChI=1S/C18H28N2O2/c1-14-13-20(10-11-22-14)17(21)19-16(12-18(2,3)4)15-8-6-5-7-9-15/h5-9,14,16H,10-13H2,1-4H3,(H,19,21). The van der Waals surface area contributed by atoms with Crippen LogP contribution < -0.4 is 5.32 Å². The van der Waals surface area contributed by atoms with Crippen molar-refractivity contribution in [3.05, 3.63) is 35.9 Å². The molecule has 2 rings (SSSR count). The van der Waals surface area contributed by atoms with E-state index in [1.54, 1.807) is 0 Å². The molecule has 4 nitrogen and oxygen atoms in total. The fraction of sp³-hybridized carbons (Fsp3) is 0.611. The van der Waals surface area contributed by atoms with Gasteiger partial charge in [-0.3, -0.25) is 0 Å². The molecule has 1 aliphatic rings. The van der Waals surface area contributed by atoms with Crippen molar-refractivity contribution in [3.8, 4) is 0 Å². The Morgan fingerprint density at radius 3 is 2.64 bits per heavy atom. The van der Waals surface area contributed by atoms with Crippen LogP contribution in [0.2, 0.25) is 0 Å². The molecule has 2 amide bonds. The lowest BCUT2D eigenvalue weighted by Gasteiger charge is -2.34. The molecule has 122 valence electrons. The van der Waals surface area contributed by atoms with Crippen LogP contribution >= 0.6 is 0 Å². The molecule has 2 unspecified atom stereocenters. The average Bonchev–Trinajstić information content (AvgIpc) is 2.46. The van der Waals surface area contributed by atoms with Gasteiger partial charge in [-0.25, -0.2) is 4.79 Å². The second kappa shape index (κ2) is 7.14. The van der Waals surface area contributed by atoms with E-state index < -0.39 is 0 Å². The number of urea groups is 1. The van der Waals surface area contributed by atoms with Crippen molar-refractivity contribution in [2.45, 2.75) is 46.3 Å². The third-order valence-electron chi connectivity index (χ3n) is 3.84. The summed E-state index contributed by atoms with van der Waals surface area (Å²) in [7, 11) is 0. The number of carbonyl (C=O) groups excluding carboxylic acids is 1. The van der Waals surface area contributed by atoms with Gasteiger partial charge in [0.2, 0.25) is 0 Å². The maximum Gasteiger partial charge on any atom is 0.318 e. The summed E-state index contributed by atoms with van der Waals surface area (Å²) in [4.78, 5) is 14.4. The number of amides is 2. The first-order valence-corrected chi connectivity index (χ1v) is 8.07. The highest BCUT2D eigenvalue weighted by Crippen LogP contribution is 2.29. The molecule has 2 atom stereocenters.